The molecule has 11 heavy (non-hydrogen) atoms. The van der Waals surface area contributed by atoms with E-state index in [9.17, 15) is 5.11 Å². The number of nitrogens with zero attached hydrogens (tertiary/aromatic N) is 1. The molecule has 0 aliphatic rings. The highest BCUT2D eigenvalue weighted by Gasteiger charge is 2.20. The Labute approximate surface area is 68.5 Å². The molecule has 1 atom stereocenters. The SMILES string of the molecule is N#CC(O)([Si])c1ccccc1. The normalized spacial score (nSPS) is 15.0. The summed E-state index contributed by atoms with van der Waals surface area (Å²) in [4.78, 5) is 0. The lowest BCUT2D eigenvalue weighted by atomic mass is 10.1. The van der Waals surface area contributed by atoms with Gasteiger partial charge in [-0.3, -0.25) is 0 Å². The molecule has 0 aliphatic heterocycles. The first-order valence-electron chi connectivity index (χ1n) is 3.11. The molecule has 1 aromatic carbocycles. The van der Waals surface area contributed by atoms with Crippen molar-refractivity contribution in [2.45, 2.75) is 5.22 Å². The lowest BCUT2D eigenvalue weighted by Gasteiger charge is -2.13. The quantitative estimate of drug-likeness (QED) is 0.481. The van der Waals surface area contributed by atoms with Crippen molar-refractivity contribution in [3.63, 3.8) is 0 Å². The third-order valence-electron chi connectivity index (χ3n) is 1.35. The Morgan fingerprint density at radius 3 is 2.36 bits per heavy atom. The van der Waals surface area contributed by atoms with Crippen molar-refractivity contribution < 1.29 is 5.11 Å². The maximum Gasteiger partial charge on any atom is 0.154 e. The smallest absolute Gasteiger partial charge is 0.154 e. The molecular weight excluding hydrogens is 154 g/mol. The van der Waals surface area contributed by atoms with E-state index in [1.807, 2.05) is 6.07 Å². The average Bonchev–Trinajstić information content (AvgIpc) is 2.06. The van der Waals surface area contributed by atoms with Gasteiger partial charge in [0.1, 0.15) is 0 Å². The molecule has 0 aromatic heterocycles. The van der Waals surface area contributed by atoms with Gasteiger partial charge in [0.05, 0.1) is 16.3 Å². The molecule has 0 saturated carbocycles. The first kappa shape index (κ1) is 7.99. The highest BCUT2D eigenvalue weighted by atomic mass is 28.1. The van der Waals surface area contributed by atoms with Gasteiger partial charge in [-0.1, -0.05) is 30.3 Å². The summed E-state index contributed by atoms with van der Waals surface area (Å²) in [6.45, 7) is 0. The largest absolute Gasteiger partial charge is 0.375 e. The molecule has 3 heteroatoms. The molecule has 0 fully saturated rings. The van der Waals surface area contributed by atoms with Crippen LogP contribution >= 0.6 is 0 Å². The van der Waals surface area contributed by atoms with Crippen molar-refractivity contribution in [3.8, 4) is 6.07 Å². The summed E-state index contributed by atoms with van der Waals surface area (Å²) >= 11 is 0. The van der Waals surface area contributed by atoms with E-state index in [1.165, 1.54) is 0 Å². The van der Waals surface area contributed by atoms with Crippen LogP contribution in [-0.2, 0) is 5.22 Å². The molecule has 0 amide bonds. The summed E-state index contributed by atoms with van der Waals surface area (Å²) in [6, 6.07) is 10.4. The van der Waals surface area contributed by atoms with Gasteiger partial charge in [-0.05, 0) is 5.56 Å². The Hall–Kier alpha value is -1.11. The van der Waals surface area contributed by atoms with Gasteiger partial charge in [0, 0.05) is 0 Å². The van der Waals surface area contributed by atoms with Gasteiger partial charge < -0.3 is 5.11 Å². The molecule has 3 radical (unpaired) electrons. The van der Waals surface area contributed by atoms with Gasteiger partial charge >= 0.3 is 0 Å². The maximum absolute atomic E-state index is 9.35. The van der Waals surface area contributed by atoms with E-state index in [4.69, 9.17) is 5.26 Å². The van der Waals surface area contributed by atoms with Gasteiger partial charge in [-0.25, -0.2) is 0 Å². The summed E-state index contributed by atoms with van der Waals surface area (Å²) in [5.41, 5.74) is 0.541. The topological polar surface area (TPSA) is 44.0 Å². The highest BCUT2D eigenvalue weighted by Crippen LogP contribution is 2.14. The number of aliphatic hydroxyl groups is 1. The first-order valence-corrected chi connectivity index (χ1v) is 3.61. The summed E-state index contributed by atoms with van der Waals surface area (Å²) in [7, 11) is 2.94. The predicted octanol–water partition coefficient (Wildman–Crippen LogP) is 0.524. The van der Waals surface area contributed by atoms with Crippen LogP contribution in [0.3, 0.4) is 0 Å². The van der Waals surface area contributed by atoms with Crippen LogP contribution < -0.4 is 0 Å². The Morgan fingerprint density at radius 1 is 1.36 bits per heavy atom. The fraction of sp³-hybridized carbons (Fsp3) is 0.125. The number of hydrogen-bond donors (Lipinski definition) is 1. The fourth-order valence-corrected chi connectivity index (χ4v) is 0.911. The minimum absolute atomic E-state index is 0.541. The second kappa shape index (κ2) is 2.87. The van der Waals surface area contributed by atoms with Crippen LogP contribution in [0.25, 0.3) is 0 Å². The number of rotatable bonds is 1. The summed E-state index contributed by atoms with van der Waals surface area (Å²) < 4.78 is 0. The monoisotopic (exact) mass is 160 g/mol. The van der Waals surface area contributed by atoms with E-state index in [0.717, 1.165) is 0 Å². The van der Waals surface area contributed by atoms with Crippen molar-refractivity contribution in [2.75, 3.05) is 0 Å². The van der Waals surface area contributed by atoms with Gasteiger partial charge in [0.15, 0.2) is 5.22 Å². The molecule has 1 aromatic rings. The van der Waals surface area contributed by atoms with Crippen LogP contribution in [0.1, 0.15) is 5.56 Å². The van der Waals surface area contributed by atoms with Crippen molar-refractivity contribution in [3.05, 3.63) is 35.9 Å². The van der Waals surface area contributed by atoms with Crippen molar-refractivity contribution in [2.24, 2.45) is 0 Å². The molecule has 0 aliphatic carbocycles. The predicted molar refractivity (Wildman–Crippen MR) is 41.7 cm³/mol. The van der Waals surface area contributed by atoms with E-state index in [-0.39, 0.29) is 0 Å². The van der Waals surface area contributed by atoms with Crippen molar-refractivity contribution in [1.82, 2.24) is 0 Å². The van der Waals surface area contributed by atoms with Crippen molar-refractivity contribution in [1.29, 1.82) is 5.26 Å². The van der Waals surface area contributed by atoms with Crippen LogP contribution in [0.5, 0.6) is 0 Å². The zero-order valence-electron chi connectivity index (χ0n) is 5.78. The Morgan fingerprint density at radius 2 is 1.91 bits per heavy atom. The maximum atomic E-state index is 9.35. The third-order valence-corrected chi connectivity index (χ3v) is 1.75. The molecule has 0 heterocycles. The summed E-state index contributed by atoms with van der Waals surface area (Å²) in [6.07, 6.45) is 0. The lowest BCUT2D eigenvalue weighted by Crippen LogP contribution is -2.22. The zero-order chi connectivity index (χ0) is 8.32. The molecule has 1 rings (SSSR count). The van der Waals surface area contributed by atoms with Crippen LogP contribution in [-0.4, -0.2) is 15.3 Å². The standard InChI is InChI=1S/C8H6NOSi/c9-6-8(10,11)7-4-2-1-3-5-7/h1-5,10H. The molecule has 2 nitrogen and oxygen atoms in total. The van der Waals surface area contributed by atoms with E-state index >= 15 is 0 Å². The molecule has 53 valence electrons. The third kappa shape index (κ3) is 1.67. The molecule has 1 unspecified atom stereocenters. The average molecular weight is 160 g/mol. The minimum atomic E-state index is -1.55. The molecule has 0 saturated heterocycles. The van der Waals surface area contributed by atoms with Crippen LogP contribution in [0.15, 0.2) is 30.3 Å². The minimum Gasteiger partial charge on any atom is -0.375 e. The number of nitriles is 1. The van der Waals surface area contributed by atoms with Crippen LogP contribution in [0, 0.1) is 11.3 Å². The summed E-state index contributed by atoms with van der Waals surface area (Å²) in [5, 5.41) is 16.3. The summed E-state index contributed by atoms with van der Waals surface area (Å²) in [5.74, 6) is 0. The molecule has 0 bridgehead atoms. The molecule has 0 spiro atoms. The van der Waals surface area contributed by atoms with Gasteiger partial charge in [-0.2, -0.15) is 5.26 Å². The van der Waals surface area contributed by atoms with Crippen molar-refractivity contribution >= 4 is 10.2 Å². The molecule has 1 N–H and O–H groups in total. The van der Waals surface area contributed by atoms with E-state index in [2.05, 4.69) is 10.2 Å². The first-order chi connectivity index (χ1) is 5.17. The highest BCUT2D eigenvalue weighted by molar-refractivity contribution is 6.16. The van der Waals surface area contributed by atoms with E-state index in [0.29, 0.717) is 5.56 Å². The number of hydrogen-bond acceptors (Lipinski definition) is 2. The van der Waals surface area contributed by atoms with Gasteiger partial charge in [-0.15, -0.1) is 0 Å². The van der Waals surface area contributed by atoms with E-state index < -0.39 is 5.22 Å². The Balaban J connectivity index is 3.05. The molecular formula is C8H6NOSi. The van der Waals surface area contributed by atoms with E-state index in [1.54, 1.807) is 30.3 Å². The second-order valence-electron chi connectivity index (χ2n) is 2.19. The van der Waals surface area contributed by atoms with Crippen LogP contribution in [0.4, 0.5) is 0 Å². The Kier molecular flexibility index (Phi) is 2.08. The lowest BCUT2D eigenvalue weighted by molar-refractivity contribution is 0.188. The zero-order valence-corrected chi connectivity index (χ0v) is 6.78. The Bertz CT molecular complexity index is 276. The van der Waals surface area contributed by atoms with Gasteiger partial charge in [0.25, 0.3) is 0 Å². The van der Waals surface area contributed by atoms with Crippen LogP contribution in [0.2, 0.25) is 0 Å². The fourth-order valence-electron chi connectivity index (χ4n) is 0.744. The second-order valence-corrected chi connectivity index (χ2v) is 2.91. The van der Waals surface area contributed by atoms with Gasteiger partial charge in [0.2, 0.25) is 0 Å². The number of benzene rings is 1.